The van der Waals surface area contributed by atoms with E-state index in [1.807, 2.05) is 6.92 Å². The highest BCUT2D eigenvalue weighted by Gasteiger charge is 2.19. The van der Waals surface area contributed by atoms with Gasteiger partial charge in [0.2, 0.25) is 13.4 Å². The molecule has 1 atom stereocenters. The highest BCUT2D eigenvalue weighted by Crippen LogP contribution is 2.32. The van der Waals surface area contributed by atoms with Gasteiger partial charge in [0, 0.05) is 11.3 Å². The van der Waals surface area contributed by atoms with Gasteiger partial charge in [0.1, 0.15) is 5.75 Å². The summed E-state index contributed by atoms with van der Waals surface area (Å²) in [5.41, 5.74) is 1.88. The molecule has 3 rings (SSSR count). The fourth-order valence-electron chi connectivity index (χ4n) is 2.69. The van der Waals surface area contributed by atoms with E-state index in [0.29, 0.717) is 35.3 Å². The summed E-state index contributed by atoms with van der Waals surface area (Å²) in [7, 11) is 0. The van der Waals surface area contributed by atoms with E-state index >= 15 is 0 Å². The number of nitrogens with one attached hydrogen (secondary N) is 1. The fourth-order valence-corrected chi connectivity index (χ4v) is 2.69. The number of rotatable bonds is 9. The van der Waals surface area contributed by atoms with Crippen LogP contribution in [-0.4, -0.2) is 43.7 Å². The van der Waals surface area contributed by atoms with Crippen LogP contribution in [0.5, 0.6) is 17.2 Å². The maximum atomic E-state index is 12.2. The smallest absolute Gasteiger partial charge is 0.347 e. The van der Waals surface area contributed by atoms with Gasteiger partial charge in [0.15, 0.2) is 17.6 Å². The van der Waals surface area contributed by atoms with Gasteiger partial charge < -0.3 is 29.1 Å². The van der Waals surface area contributed by atoms with E-state index in [1.165, 1.54) is 6.92 Å². The first-order valence-corrected chi connectivity index (χ1v) is 9.76. The number of anilines is 1. The van der Waals surface area contributed by atoms with Gasteiger partial charge >= 0.3 is 5.97 Å². The molecule has 0 saturated carbocycles. The Morgan fingerprint density at radius 1 is 1.13 bits per heavy atom. The van der Waals surface area contributed by atoms with Gasteiger partial charge in [-0.05, 0) is 63.2 Å². The quantitative estimate of drug-likeness (QED) is 0.372. The zero-order valence-corrected chi connectivity index (χ0v) is 17.5. The Hall–Kier alpha value is -3.75. The monoisotopic (exact) mass is 428 g/mol. The lowest BCUT2D eigenvalue weighted by atomic mass is 10.1. The number of benzene rings is 2. The molecule has 2 aromatic carbocycles. The number of oxime groups is 1. The van der Waals surface area contributed by atoms with Crippen molar-refractivity contribution in [3.05, 3.63) is 48.0 Å². The molecule has 0 aromatic heterocycles. The lowest BCUT2D eigenvalue weighted by Crippen LogP contribution is -2.31. The van der Waals surface area contributed by atoms with E-state index in [2.05, 4.69) is 10.5 Å². The van der Waals surface area contributed by atoms with E-state index < -0.39 is 24.6 Å². The molecule has 1 aliphatic rings. The zero-order valence-electron chi connectivity index (χ0n) is 17.5. The van der Waals surface area contributed by atoms with Crippen molar-refractivity contribution in [2.75, 3.05) is 25.3 Å². The van der Waals surface area contributed by atoms with Crippen LogP contribution in [0.2, 0.25) is 0 Å². The van der Waals surface area contributed by atoms with Crippen LogP contribution in [0, 0.1) is 0 Å². The number of nitrogens with zero attached hydrogens (tertiary/aromatic N) is 1. The number of amides is 1. The second-order valence-electron chi connectivity index (χ2n) is 6.60. The number of ether oxygens (including phenoxy) is 4. The minimum atomic E-state index is -0.999. The molecule has 0 fully saturated rings. The van der Waals surface area contributed by atoms with Crippen molar-refractivity contribution in [3.63, 3.8) is 0 Å². The molecule has 1 unspecified atom stereocenters. The summed E-state index contributed by atoms with van der Waals surface area (Å²) in [5, 5.41) is 6.58. The summed E-state index contributed by atoms with van der Waals surface area (Å²) in [5.74, 6) is 0.820. The molecule has 1 aliphatic heterocycles. The SMILES string of the molecule is CCOc1ccc(NC(=O)C(C)OC(=O)CO/N=C(\C)c2ccc3c(c2)OCO3)cc1. The van der Waals surface area contributed by atoms with Gasteiger partial charge in [-0.1, -0.05) is 5.16 Å². The second-order valence-corrected chi connectivity index (χ2v) is 6.60. The van der Waals surface area contributed by atoms with Crippen LogP contribution in [-0.2, 0) is 19.2 Å². The molecular weight excluding hydrogens is 404 g/mol. The molecule has 1 N–H and O–H groups in total. The Morgan fingerprint density at radius 2 is 1.87 bits per heavy atom. The molecule has 0 spiro atoms. The number of carbonyl (C=O) groups excluding carboxylic acids is 2. The Bertz CT molecular complexity index is 957. The number of fused-ring (bicyclic) bond motifs is 1. The third kappa shape index (κ3) is 6.11. The summed E-state index contributed by atoms with van der Waals surface area (Å²) in [4.78, 5) is 29.2. The van der Waals surface area contributed by atoms with Crippen LogP contribution in [0.1, 0.15) is 26.3 Å². The molecule has 0 radical (unpaired) electrons. The first kappa shape index (κ1) is 21.9. The van der Waals surface area contributed by atoms with Gasteiger partial charge in [0.25, 0.3) is 5.91 Å². The molecule has 164 valence electrons. The van der Waals surface area contributed by atoms with Crippen LogP contribution >= 0.6 is 0 Å². The van der Waals surface area contributed by atoms with Gasteiger partial charge in [-0.2, -0.15) is 0 Å². The van der Waals surface area contributed by atoms with E-state index in [0.717, 1.165) is 5.56 Å². The standard InChI is InChI=1S/C22H24N2O7/c1-4-27-18-8-6-17(7-9-18)23-22(26)15(3)31-21(25)12-30-24-14(2)16-5-10-19-20(11-16)29-13-28-19/h5-11,15H,4,12-13H2,1-3H3,(H,23,26)/b24-14+. The highest BCUT2D eigenvalue weighted by molar-refractivity contribution is 5.99. The van der Waals surface area contributed by atoms with Crippen LogP contribution < -0.4 is 19.5 Å². The number of hydrogen-bond donors (Lipinski definition) is 1. The van der Waals surface area contributed by atoms with Crippen molar-refractivity contribution in [1.29, 1.82) is 0 Å². The van der Waals surface area contributed by atoms with Crippen LogP contribution in [0.15, 0.2) is 47.6 Å². The summed E-state index contributed by atoms with van der Waals surface area (Å²) in [6.45, 7) is 5.41. The largest absolute Gasteiger partial charge is 0.494 e. The van der Waals surface area contributed by atoms with Crippen molar-refractivity contribution < 1.29 is 33.4 Å². The van der Waals surface area contributed by atoms with Crippen molar-refractivity contribution in [3.8, 4) is 17.2 Å². The number of hydrogen-bond acceptors (Lipinski definition) is 8. The Balaban J connectivity index is 1.44. The molecule has 1 heterocycles. The molecule has 9 heteroatoms. The number of carbonyl (C=O) groups is 2. The first-order chi connectivity index (χ1) is 15.0. The van der Waals surface area contributed by atoms with E-state index in [4.69, 9.17) is 23.8 Å². The predicted molar refractivity (Wildman–Crippen MR) is 113 cm³/mol. The molecular formula is C22H24N2O7. The van der Waals surface area contributed by atoms with Crippen molar-refractivity contribution in [2.45, 2.75) is 26.9 Å². The van der Waals surface area contributed by atoms with Gasteiger partial charge in [-0.25, -0.2) is 4.79 Å². The molecule has 2 aromatic rings. The Morgan fingerprint density at radius 3 is 2.61 bits per heavy atom. The minimum Gasteiger partial charge on any atom is -0.494 e. The highest BCUT2D eigenvalue weighted by atomic mass is 16.7. The molecule has 1 amide bonds. The predicted octanol–water partition coefficient (Wildman–Crippen LogP) is 3.13. The zero-order chi connectivity index (χ0) is 22.2. The van der Waals surface area contributed by atoms with Crippen molar-refractivity contribution in [2.24, 2.45) is 5.16 Å². The van der Waals surface area contributed by atoms with E-state index in [9.17, 15) is 9.59 Å². The Kier molecular flexibility index (Phi) is 7.31. The van der Waals surface area contributed by atoms with E-state index in [-0.39, 0.29) is 6.79 Å². The van der Waals surface area contributed by atoms with E-state index in [1.54, 1.807) is 49.4 Å². The second kappa shape index (κ2) is 10.3. The lowest BCUT2D eigenvalue weighted by molar-refractivity contribution is -0.157. The molecule has 31 heavy (non-hydrogen) atoms. The van der Waals surface area contributed by atoms with Gasteiger partial charge in [-0.15, -0.1) is 0 Å². The minimum absolute atomic E-state index is 0.182. The molecule has 0 saturated heterocycles. The van der Waals surface area contributed by atoms with Crippen LogP contribution in [0.25, 0.3) is 0 Å². The maximum Gasteiger partial charge on any atom is 0.347 e. The van der Waals surface area contributed by atoms with Crippen molar-refractivity contribution >= 4 is 23.3 Å². The van der Waals surface area contributed by atoms with Crippen LogP contribution in [0.3, 0.4) is 0 Å². The lowest BCUT2D eigenvalue weighted by Gasteiger charge is -2.13. The topological polar surface area (TPSA) is 105 Å². The van der Waals surface area contributed by atoms with Crippen molar-refractivity contribution in [1.82, 2.24) is 0 Å². The summed E-state index contributed by atoms with van der Waals surface area (Å²) in [6, 6.07) is 12.2. The normalized spacial score (nSPS) is 13.3. The maximum absolute atomic E-state index is 12.2. The first-order valence-electron chi connectivity index (χ1n) is 9.76. The Labute approximate surface area is 179 Å². The average molecular weight is 428 g/mol. The summed E-state index contributed by atoms with van der Waals surface area (Å²) < 4.78 is 21.0. The molecule has 9 nitrogen and oxygen atoms in total. The molecule has 0 aliphatic carbocycles. The third-order valence-corrected chi connectivity index (χ3v) is 4.28. The summed E-state index contributed by atoms with van der Waals surface area (Å²) in [6.07, 6.45) is -0.999. The van der Waals surface area contributed by atoms with Gasteiger partial charge in [-0.3, -0.25) is 4.79 Å². The van der Waals surface area contributed by atoms with Gasteiger partial charge in [0.05, 0.1) is 12.3 Å². The summed E-state index contributed by atoms with van der Waals surface area (Å²) >= 11 is 0. The fraction of sp³-hybridized carbons (Fsp3) is 0.318. The molecule has 0 bridgehead atoms. The van der Waals surface area contributed by atoms with Crippen LogP contribution in [0.4, 0.5) is 5.69 Å². The average Bonchev–Trinajstić information content (AvgIpc) is 3.23. The third-order valence-electron chi connectivity index (χ3n) is 4.28. The number of esters is 1.